The molecule has 0 radical (unpaired) electrons. The number of hydrogen-bond donors (Lipinski definition) is 3. The van der Waals surface area contributed by atoms with Crippen LogP contribution in [0.15, 0.2) is 29.3 Å². The van der Waals surface area contributed by atoms with Crippen molar-refractivity contribution in [1.29, 1.82) is 5.26 Å². The molecule has 2 aromatic rings. The van der Waals surface area contributed by atoms with E-state index in [1.165, 1.54) is 18.3 Å². The first-order valence-corrected chi connectivity index (χ1v) is 7.89. The van der Waals surface area contributed by atoms with Gasteiger partial charge in [0.15, 0.2) is 9.84 Å². The molecule has 0 atom stereocenters. The van der Waals surface area contributed by atoms with Crippen molar-refractivity contribution in [2.45, 2.75) is 4.90 Å². The lowest BCUT2D eigenvalue weighted by molar-refractivity contribution is 0.0696. The minimum absolute atomic E-state index is 0.0281. The van der Waals surface area contributed by atoms with E-state index in [0.717, 1.165) is 12.3 Å². The highest BCUT2D eigenvalue weighted by Crippen LogP contribution is 2.20. The minimum Gasteiger partial charge on any atom is -0.478 e. The number of nitrogens with zero attached hydrogens (tertiary/aromatic N) is 4. The van der Waals surface area contributed by atoms with E-state index in [-0.39, 0.29) is 27.5 Å². The third kappa shape index (κ3) is 3.89. The molecule has 2 rings (SSSR count). The average molecular weight is 334 g/mol. The molecule has 0 aliphatic carbocycles. The van der Waals surface area contributed by atoms with Crippen molar-refractivity contribution in [3.05, 3.63) is 35.8 Å². The Kier molecular flexibility index (Phi) is 4.37. The Morgan fingerprint density at radius 3 is 2.70 bits per heavy atom. The molecule has 0 unspecified atom stereocenters. The first kappa shape index (κ1) is 16.1. The van der Waals surface area contributed by atoms with Crippen LogP contribution in [0.2, 0.25) is 0 Å². The van der Waals surface area contributed by atoms with E-state index in [1.807, 2.05) is 6.07 Å². The molecule has 11 heteroatoms. The lowest BCUT2D eigenvalue weighted by Gasteiger charge is -2.06. The Morgan fingerprint density at radius 1 is 1.43 bits per heavy atom. The number of H-pyrrole nitrogens is 1. The van der Waals surface area contributed by atoms with E-state index in [4.69, 9.17) is 10.4 Å². The molecule has 0 aliphatic rings. The second-order valence-corrected chi connectivity index (χ2v) is 6.39. The summed E-state index contributed by atoms with van der Waals surface area (Å²) >= 11 is 0. The number of benzene rings is 1. The van der Waals surface area contributed by atoms with Gasteiger partial charge in [-0.15, -0.1) is 10.2 Å². The molecule has 10 nitrogen and oxygen atoms in total. The molecule has 1 aromatic carbocycles. The van der Waals surface area contributed by atoms with Gasteiger partial charge in [0.1, 0.15) is 11.6 Å². The van der Waals surface area contributed by atoms with E-state index < -0.39 is 15.8 Å². The van der Waals surface area contributed by atoms with Crippen LogP contribution in [0, 0.1) is 11.3 Å². The molecular formula is C12H10N6O4S. The van der Waals surface area contributed by atoms with Crippen molar-refractivity contribution < 1.29 is 18.3 Å². The summed E-state index contributed by atoms with van der Waals surface area (Å²) in [5.41, 5.74) is 0.00356. The second-order valence-electron chi connectivity index (χ2n) is 4.37. The molecule has 1 heterocycles. The molecule has 3 N–H and O–H groups in total. The third-order valence-electron chi connectivity index (χ3n) is 2.67. The standard InChI is InChI=1S/C12H10N6O4S/c1-23(21,22)10-3-7(12(19)20)2-9(4-10)14-6-8(5-13)11-15-17-18-16-11/h2-4,6,14H,1H3,(H,19,20)(H,15,16,17,18). The Bertz CT molecular complexity index is 912. The fraction of sp³-hybridized carbons (Fsp3) is 0.0833. The van der Waals surface area contributed by atoms with Crippen molar-refractivity contribution in [2.75, 3.05) is 11.6 Å². The van der Waals surface area contributed by atoms with Crippen LogP contribution in [-0.2, 0) is 9.84 Å². The van der Waals surface area contributed by atoms with Gasteiger partial charge in [0.05, 0.1) is 10.5 Å². The summed E-state index contributed by atoms with van der Waals surface area (Å²) in [6, 6.07) is 5.38. The maximum atomic E-state index is 11.6. The Balaban J connectivity index is 2.42. The molecule has 0 amide bonds. The lowest BCUT2D eigenvalue weighted by Crippen LogP contribution is -2.04. The third-order valence-corrected chi connectivity index (χ3v) is 3.76. The van der Waals surface area contributed by atoms with Gasteiger partial charge in [0.25, 0.3) is 0 Å². The van der Waals surface area contributed by atoms with E-state index >= 15 is 0 Å². The van der Waals surface area contributed by atoms with Gasteiger partial charge in [-0.25, -0.2) is 13.2 Å². The molecule has 0 fully saturated rings. The number of carboxylic acids is 1. The molecular weight excluding hydrogens is 324 g/mol. The summed E-state index contributed by atoms with van der Waals surface area (Å²) < 4.78 is 23.2. The van der Waals surface area contributed by atoms with Crippen LogP contribution in [0.4, 0.5) is 5.69 Å². The zero-order chi connectivity index (χ0) is 17.0. The zero-order valence-electron chi connectivity index (χ0n) is 11.7. The fourth-order valence-corrected chi connectivity index (χ4v) is 2.28. The van der Waals surface area contributed by atoms with Crippen molar-refractivity contribution >= 4 is 27.1 Å². The number of aromatic carboxylic acids is 1. The van der Waals surface area contributed by atoms with Crippen LogP contribution in [0.1, 0.15) is 16.2 Å². The SMILES string of the molecule is CS(=O)(=O)c1cc(NC=C(C#N)c2nn[nH]n2)cc(C(=O)O)c1. The number of sulfone groups is 1. The highest BCUT2D eigenvalue weighted by atomic mass is 32.2. The van der Waals surface area contributed by atoms with Gasteiger partial charge >= 0.3 is 5.97 Å². The van der Waals surface area contributed by atoms with Crippen molar-refractivity contribution in [2.24, 2.45) is 0 Å². The summed E-state index contributed by atoms with van der Waals surface area (Å²) in [5, 5.41) is 33.5. The van der Waals surface area contributed by atoms with E-state index in [0.29, 0.717) is 0 Å². The van der Waals surface area contributed by atoms with Gasteiger partial charge in [-0.3, -0.25) is 0 Å². The number of nitriles is 1. The number of hydrogen-bond acceptors (Lipinski definition) is 8. The highest BCUT2D eigenvalue weighted by molar-refractivity contribution is 7.90. The van der Waals surface area contributed by atoms with Crippen LogP contribution in [-0.4, -0.2) is 46.4 Å². The van der Waals surface area contributed by atoms with Gasteiger partial charge in [0, 0.05) is 18.1 Å². The first-order chi connectivity index (χ1) is 10.8. The molecule has 0 aliphatic heterocycles. The Hall–Kier alpha value is -3.26. The van der Waals surface area contributed by atoms with E-state index in [9.17, 15) is 13.2 Å². The maximum Gasteiger partial charge on any atom is 0.335 e. The normalized spacial score (nSPS) is 11.7. The van der Waals surface area contributed by atoms with Crippen molar-refractivity contribution in [3.63, 3.8) is 0 Å². The number of tetrazole rings is 1. The number of aromatic nitrogens is 4. The molecule has 23 heavy (non-hydrogen) atoms. The number of rotatable bonds is 5. The number of anilines is 1. The van der Waals surface area contributed by atoms with Crippen molar-refractivity contribution in [3.8, 4) is 6.07 Å². The quantitative estimate of drug-likeness (QED) is 0.652. The number of carbonyl (C=O) groups is 1. The van der Waals surface area contributed by atoms with Crippen LogP contribution in [0.5, 0.6) is 0 Å². The molecule has 118 valence electrons. The summed E-state index contributed by atoms with van der Waals surface area (Å²) in [4.78, 5) is 10.9. The molecule has 0 spiro atoms. The average Bonchev–Trinajstić information content (AvgIpc) is 3.01. The number of allylic oxidation sites excluding steroid dienone is 1. The van der Waals surface area contributed by atoms with Crippen LogP contribution in [0.25, 0.3) is 5.57 Å². The minimum atomic E-state index is -3.60. The van der Waals surface area contributed by atoms with E-state index in [1.54, 1.807) is 0 Å². The van der Waals surface area contributed by atoms with Crippen LogP contribution >= 0.6 is 0 Å². The zero-order valence-corrected chi connectivity index (χ0v) is 12.5. The maximum absolute atomic E-state index is 11.6. The van der Waals surface area contributed by atoms with Crippen LogP contribution < -0.4 is 5.32 Å². The smallest absolute Gasteiger partial charge is 0.335 e. The Labute approximate surface area is 130 Å². The number of aromatic amines is 1. The van der Waals surface area contributed by atoms with Gasteiger partial charge in [-0.05, 0) is 23.4 Å². The fourth-order valence-electron chi connectivity index (χ4n) is 1.60. The number of carboxylic acid groups (broad SMARTS) is 1. The second kappa shape index (κ2) is 6.24. The van der Waals surface area contributed by atoms with Gasteiger partial charge in [0.2, 0.25) is 5.82 Å². The van der Waals surface area contributed by atoms with Crippen molar-refractivity contribution in [1.82, 2.24) is 20.6 Å². The molecule has 0 bridgehead atoms. The largest absolute Gasteiger partial charge is 0.478 e. The topological polar surface area (TPSA) is 162 Å². The summed E-state index contributed by atoms with van der Waals surface area (Å²) in [6.45, 7) is 0. The van der Waals surface area contributed by atoms with E-state index in [2.05, 4.69) is 25.9 Å². The summed E-state index contributed by atoms with van der Waals surface area (Å²) in [6.07, 6.45) is 2.19. The molecule has 0 saturated heterocycles. The number of nitrogens with one attached hydrogen (secondary N) is 2. The predicted molar refractivity (Wildman–Crippen MR) is 77.9 cm³/mol. The molecule has 1 aromatic heterocycles. The van der Waals surface area contributed by atoms with Gasteiger partial charge in [-0.1, -0.05) is 0 Å². The monoisotopic (exact) mass is 334 g/mol. The predicted octanol–water partition coefficient (Wildman–Crippen LogP) is 0.278. The summed E-state index contributed by atoms with van der Waals surface area (Å²) in [5.74, 6) is -1.24. The van der Waals surface area contributed by atoms with Gasteiger partial charge < -0.3 is 10.4 Å². The first-order valence-electron chi connectivity index (χ1n) is 6.00. The Morgan fingerprint density at radius 2 is 2.17 bits per heavy atom. The highest BCUT2D eigenvalue weighted by Gasteiger charge is 2.14. The summed E-state index contributed by atoms with van der Waals surface area (Å²) in [7, 11) is -3.60. The lowest BCUT2D eigenvalue weighted by atomic mass is 10.2. The van der Waals surface area contributed by atoms with Crippen LogP contribution in [0.3, 0.4) is 0 Å². The van der Waals surface area contributed by atoms with Gasteiger partial charge in [-0.2, -0.15) is 10.5 Å². The molecule has 0 saturated carbocycles.